The Labute approximate surface area is 114 Å². The summed E-state index contributed by atoms with van der Waals surface area (Å²) in [5.41, 5.74) is 1.87. The lowest BCUT2D eigenvalue weighted by Gasteiger charge is -2.09. The second-order valence-corrected chi connectivity index (χ2v) is 5.74. The van der Waals surface area contributed by atoms with Gasteiger partial charge < -0.3 is 0 Å². The van der Waals surface area contributed by atoms with E-state index in [1.54, 1.807) is 11.3 Å². The van der Waals surface area contributed by atoms with Crippen LogP contribution in [0.2, 0.25) is 0 Å². The average molecular weight is 276 g/mol. The quantitative estimate of drug-likeness (QED) is 0.370. The van der Waals surface area contributed by atoms with E-state index < -0.39 is 0 Å². The molecule has 0 bridgehead atoms. The third-order valence-corrected chi connectivity index (χ3v) is 4.59. The maximum atomic E-state index is 9.27. The molecule has 0 spiro atoms. The summed E-state index contributed by atoms with van der Waals surface area (Å²) in [6.07, 6.45) is 8.07. The zero-order chi connectivity index (χ0) is 13.0. The van der Waals surface area contributed by atoms with Gasteiger partial charge in [0.2, 0.25) is 0 Å². The second-order valence-electron chi connectivity index (χ2n) is 3.86. The van der Waals surface area contributed by atoms with Gasteiger partial charge in [-0.1, -0.05) is 11.8 Å². The summed E-state index contributed by atoms with van der Waals surface area (Å²) in [7, 11) is 0. The highest BCUT2D eigenvalue weighted by Crippen LogP contribution is 2.39. The van der Waals surface area contributed by atoms with Gasteiger partial charge in [-0.3, -0.25) is 5.32 Å². The first kappa shape index (κ1) is 12.9. The maximum Gasteiger partial charge on any atom is 0.183 e. The Hall–Kier alpha value is -1.50. The van der Waals surface area contributed by atoms with Crippen molar-refractivity contribution in [1.29, 1.82) is 10.5 Å². The number of rotatable bonds is 1. The van der Waals surface area contributed by atoms with E-state index in [0.717, 1.165) is 24.3 Å². The van der Waals surface area contributed by atoms with Crippen LogP contribution >= 0.6 is 23.1 Å². The van der Waals surface area contributed by atoms with Gasteiger partial charge in [-0.2, -0.15) is 10.5 Å². The molecule has 0 radical (unpaired) electrons. The monoisotopic (exact) mass is 276 g/mol. The van der Waals surface area contributed by atoms with Gasteiger partial charge in [-0.05, 0) is 37.5 Å². The van der Waals surface area contributed by atoms with Crippen LogP contribution in [-0.4, -0.2) is 11.4 Å². The van der Waals surface area contributed by atoms with Crippen molar-refractivity contribution < 1.29 is 0 Å². The first-order chi connectivity index (χ1) is 8.80. The zero-order valence-electron chi connectivity index (χ0n) is 9.99. The van der Waals surface area contributed by atoms with Gasteiger partial charge in [-0.15, -0.1) is 11.3 Å². The fourth-order valence-electron chi connectivity index (χ4n) is 2.01. The zero-order valence-corrected chi connectivity index (χ0v) is 11.6. The van der Waals surface area contributed by atoms with E-state index >= 15 is 0 Å². The summed E-state index contributed by atoms with van der Waals surface area (Å²) in [6.45, 7) is 0. The summed E-state index contributed by atoms with van der Waals surface area (Å²) in [5, 5.41) is 21.7. The highest BCUT2D eigenvalue weighted by molar-refractivity contribution is 8.13. The van der Waals surface area contributed by atoms with Crippen molar-refractivity contribution in [2.75, 3.05) is 6.26 Å². The Morgan fingerprint density at radius 3 is 2.83 bits per heavy atom. The third kappa shape index (κ3) is 2.50. The van der Waals surface area contributed by atoms with Crippen molar-refractivity contribution in [3.05, 3.63) is 16.0 Å². The smallest absolute Gasteiger partial charge is 0.183 e. The lowest BCUT2D eigenvalue weighted by Crippen LogP contribution is -2.12. The van der Waals surface area contributed by atoms with Gasteiger partial charge in [0.05, 0.1) is 5.56 Å². The molecule has 0 atom stereocenters. The Morgan fingerprint density at radius 2 is 2.17 bits per heavy atom. The van der Waals surface area contributed by atoms with E-state index in [1.807, 2.05) is 12.4 Å². The van der Waals surface area contributed by atoms with Crippen molar-refractivity contribution in [2.24, 2.45) is 4.99 Å². The number of aliphatic imine (C=N–C) groups is 1. The standard InChI is InChI=1S/C12H12N4S2/c1-17-12(15-7-14)16-11-9(6-13)8-4-2-3-5-10(8)18-11/h2-5H2,1H3,(H,15,16). The molecule has 1 aliphatic carbocycles. The van der Waals surface area contributed by atoms with Gasteiger partial charge >= 0.3 is 0 Å². The molecule has 6 heteroatoms. The topological polar surface area (TPSA) is 72.0 Å². The molecule has 0 aliphatic heterocycles. The highest BCUT2D eigenvalue weighted by atomic mass is 32.2. The first-order valence-corrected chi connectivity index (χ1v) is 7.66. The number of hydrogen-bond donors (Lipinski definition) is 1. The Bertz CT molecular complexity index is 560. The summed E-state index contributed by atoms with van der Waals surface area (Å²) in [5.74, 6) is 0. The van der Waals surface area contributed by atoms with E-state index in [0.29, 0.717) is 10.7 Å². The van der Waals surface area contributed by atoms with Crippen molar-refractivity contribution in [1.82, 2.24) is 5.32 Å². The van der Waals surface area contributed by atoms with Crippen LogP contribution in [0, 0.1) is 22.8 Å². The summed E-state index contributed by atoms with van der Waals surface area (Å²) in [4.78, 5) is 5.67. The molecule has 1 N–H and O–H groups in total. The number of hydrogen-bond acceptors (Lipinski definition) is 5. The molecule has 1 heterocycles. The van der Waals surface area contributed by atoms with Crippen molar-refractivity contribution in [3.8, 4) is 12.3 Å². The highest BCUT2D eigenvalue weighted by Gasteiger charge is 2.20. The molecule has 0 unspecified atom stereocenters. The van der Waals surface area contributed by atoms with Crippen LogP contribution in [0.5, 0.6) is 0 Å². The molecule has 0 saturated carbocycles. The van der Waals surface area contributed by atoms with Gasteiger partial charge in [0.1, 0.15) is 11.1 Å². The number of amidine groups is 1. The maximum absolute atomic E-state index is 9.27. The predicted molar refractivity (Wildman–Crippen MR) is 75.0 cm³/mol. The average Bonchev–Trinajstić information content (AvgIpc) is 2.75. The van der Waals surface area contributed by atoms with Crippen LogP contribution in [0.1, 0.15) is 28.8 Å². The number of fused-ring (bicyclic) bond motifs is 1. The van der Waals surface area contributed by atoms with Crippen LogP contribution in [0.4, 0.5) is 5.00 Å². The normalized spacial score (nSPS) is 14.5. The molecule has 0 saturated heterocycles. The van der Waals surface area contributed by atoms with Crippen molar-refractivity contribution >= 4 is 33.3 Å². The van der Waals surface area contributed by atoms with E-state index in [4.69, 9.17) is 5.26 Å². The fourth-order valence-corrected chi connectivity index (χ4v) is 3.61. The van der Waals surface area contributed by atoms with Crippen LogP contribution in [0.25, 0.3) is 0 Å². The molecule has 0 fully saturated rings. The second kappa shape index (κ2) is 5.90. The number of thiophene rings is 1. The van der Waals surface area contributed by atoms with E-state index in [2.05, 4.69) is 16.4 Å². The number of nitrogens with one attached hydrogen (secondary N) is 1. The fraction of sp³-hybridized carbons (Fsp3) is 0.417. The third-order valence-electron chi connectivity index (χ3n) is 2.82. The molecule has 1 aromatic rings. The summed E-state index contributed by atoms with van der Waals surface area (Å²) < 4.78 is 0. The number of thioether (sulfide) groups is 1. The predicted octanol–water partition coefficient (Wildman–Crippen LogP) is 2.92. The lowest BCUT2D eigenvalue weighted by molar-refractivity contribution is 0.696. The van der Waals surface area contributed by atoms with Gasteiger partial charge in [0.15, 0.2) is 11.4 Å². The molecule has 4 nitrogen and oxygen atoms in total. The van der Waals surface area contributed by atoms with Crippen LogP contribution in [0.3, 0.4) is 0 Å². The van der Waals surface area contributed by atoms with Gasteiger partial charge in [0, 0.05) is 4.88 Å². The molecule has 92 valence electrons. The minimum absolute atomic E-state index is 0.535. The number of nitrogens with zero attached hydrogens (tertiary/aromatic N) is 3. The summed E-state index contributed by atoms with van der Waals surface area (Å²) in [6, 6.07) is 2.26. The van der Waals surface area contributed by atoms with Gasteiger partial charge in [0.25, 0.3) is 0 Å². The molecule has 0 amide bonds. The first-order valence-electron chi connectivity index (χ1n) is 5.62. The lowest BCUT2D eigenvalue weighted by atomic mass is 9.96. The van der Waals surface area contributed by atoms with Crippen LogP contribution in [-0.2, 0) is 12.8 Å². The summed E-state index contributed by atoms with van der Waals surface area (Å²) >= 11 is 2.95. The van der Waals surface area contributed by atoms with E-state index in [9.17, 15) is 5.26 Å². The van der Waals surface area contributed by atoms with E-state index in [-0.39, 0.29) is 0 Å². The van der Waals surface area contributed by atoms with Crippen molar-refractivity contribution in [3.63, 3.8) is 0 Å². The molecular weight excluding hydrogens is 264 g/mol. The molecule has 1 aromatic heterocycles. The molecule has 2 rings (SSSR count). The number of aryl methyl sites for hydroxylation is 1. The molecule has 18 heavy (non-hydrogen) atoms. The number of nitriles is 2. The Morgan fingerprint density at radius 1 is 1.39 bits per heavy atom. The molecule has 0 aromatic carbocycles. The van der Waals surface area contributed by atoms with Crippen molar-refractivity contribution in [2.45, 2.75) is 25.7 Å². The molecule has 1 aliphatic rings. The van der Waals surface area contributed by atoms with E-state index in [1.165, 1.54) is 28.6 Å². The largest absolute Gasteiger partial charge is 0.271 e. The minimum atomic E-state index is 0.535. The van der Waals surface area contributed by atoms with Crippen LogP contribution < -0.4 is 5.32 Å². The SMILES string of the molecule is CS/C(=N\c1sc2c(c1C#N)CCCC2)NC#N. The Kier molecular flexibility index (Phi) is 4.24. The van der Waals surface area contributed by atoms with Crippen LogP contribution in [0.15, 0.2) is 4.99 Å². The molecular formula is C12H12N4S2. The Balaban J connectivity index is 2.43. The minimum Gasteiger partial charge on any atom is -0.271 e. The van der Waals surface area contributed by atoms with Gasteiger partial charge in [-0.25, -0.2) is 4.99 Å².